The summed E-state index contributed by atoms with van der Waals surface area (Å²) < 4.78 is 12.4. The van der Waals surface area contributed by atoms with E-state index < -0.39 is 5.54 Å². The van der Waals surface area contributed by atoms with Crippen molar-refractivity contribution < 1.29 is 19.1 Å². The van der Waals surface area contributed by atoms with Crippen molar-refractivity contribution in [2.24, 2.45) is 7.05 Å². The van der Waals surface area contributed by atoms with Crippen molar-refractivity contribution in [2.45, 2.75) is 71.3 Å². The number of carbonyl (C=O) groups excluding carboxylic acids is 2. The summed E-state index contributed by atoms with van der Waals surface area (Å²) in [5.74, 6) is 0.0854. The van der Waals surface area contributed by atoms with Crippen LogP contribution >= 0.6 is 0 Å². The molecule has 1 amide bonds. The summed E-state index contributed by atoms with van der Waals surface area (Å²) in [5, 5.41) is 8.26. The van der Waals surface area contributed by atoms with Gasteiger partial charge in [-0.25, -0.2) is 14.5 Å². The van der Waals surface area contributed by atoms with Crippen LogP contribution in [-0.2, 0) is 27.8 Å². The molecular weight excluding hydrogens is 384 g/mol. The highest BCUT2D eigenvalue weighted by molar-refractivity contribution is 5.89. The molecule has 1 fully saturated rings. The first-order chi connectivity index (χ1) is 14.3. The summed E-state index contributed by atoms with van der Waals surface area (Å²) in [4.78, 5) is 30.1. The predicted octanol–water partition coefficient (Wildman–Crippen LogP) is 2.91. The zero-order valence-electron chi connectivity index (χ0n) is 18.6. The maximum atomic E-state index is 12.8. The average molecular weight is 417 g/mol. The summed E-state index contributed by atoms with van der Waals surface area (Å²) in [7, 11) is 3.43. The molecule has 0 radical (unpaired) electrons. The standard InChI is InChI=1S/C22H32N4O4/c1-6-30-21(28)22(12-8-7-9-13-22)24-17(27)11-10-16-14(2)18-19(23-15(16)3)26(4)25-20(18)29-5/h6-13H2,1-5H3,(H,24,27). The van der Waals surface area contributed by atoms with Crippen LogP contribution in [0.5, 0.6) is 5.88 Å². The van der Waals surface area contributed by atoms with Crippen LogP contribution in [0.15, 0.2) is 0 Å². The van der Waals surface area contributed by atoms with Crippen molar-refractivity contribution in [3.63, 3.8) is 0 Å². The molecule has 0 aromatic carbocycles. The van der Waals surface area contributed by atoms with Gasteiger partial charge >= 0.3 is 5.97 Å². The SMILES string of the molecule is CCOC(=O)C1(NC(=O)CCc2c(C)nc3c(c(OC)nn3C)c2C)CCCCC1. The lowest BCUT2D eigenvalue weighted by Crippen LogP contribution is -2.56. The summed E-state index contributed by atoms with van der Waals surface area (Å²) >= 11 is 0. The Morgan fingerprint density at radius 2 is 1.90 bits per heavy atom. The van der Waals surface area contributed by atoms with E-state index in [1.54, 1.807) is 18.7 Å². The van der Waals surface area contributed by atoms with Gasteiger partial charge in [-0.2, -0.15) is 0 Å². The van der Waals surface area contributed by atoms with Gasteiger partial charge in [0.2, 0.25) is 11.8 Å². The fourth-order valence-electron chi connectivity index (χ4n) is 4.48. The van der Waals surface area contributed by atoms with E-state index in [9.17, 15) is 9.59 Å². The van der Waals surface area contributed by atoms with Crippen molar-refractivity contribution in [1.29, 1.82) is 0 Å². The van der Waals surface area contributed by atoms with Gasteiger partial charge in [-0.05, 0) is 51.2 Å². The van der Waals surface area contributed by atoms with Gasteiger partial charge in [-0.3, -0.25) is 4.79 Å². The molecule has 8 heteroatoms. The molecule has 0 saturated heterocycles. The van der Waals surface area contributed by atoms with E-state index in [2.05, 4.69) is 15.4 Å². The lowest BCUT2D eigenvalue weighted by atomic mass is 9.81. The topological polar surface area (TPSA) is 95.3 Å². The van der Waals surface area contributed by atoms with Crippen molar-refractivity contribution >= 4 is 22.9 Å². The number of nitrogens with one attached hydrogen (secondary N) is 1. The monoisotopic (exact) mass is 416 g/mol. The number of carbonyl (C=O) groups is 2. The number of aryl methyl sites for hydroxylation is 3. The fraction of sp³-hybridized carbons (Fsp3) is 0.636. The van der Waals surface area contributed by atoms with Gasteiger partial charge in [-0.15, -0.1) is 5.10 Å². The number of pyridine rings is 1. The van der Waals surface area contributed by atoms with E-state index in [1.807, 2.05) is 20.9 Å². The molecule has 0 spiro atoms. The summed E-state index contributed by atoms with van der Waals surface area (Å²) in [5.41, 5.74) is 2.78. The number of nitrogens with zero attached hydrogens (tertiary/aromatic N) is 3. The van der Waals surface area contributed by atoms with E-state index in [1.165, 1.54) is 0 Å². The normalized spacial score (nSPS) is 15.8. The molecule has 8 nitrogen and oxygen atoms in total. The molecule has 30 heavy (non-hydrogen) atoms. The smallest absolute Gasteiger partial charge is 0.331 e. The second-order valence-electron chi connectivity index (χ2n) is 8.04. The number of hydrogen-bond donors (Lipinski definition) is 1. The molecule has 1 aliphatic rings. The van der Waals surface area contributed by atoms with E-state index in [4.69, 9.17) is 9.47 Å². The number of fused-ring (bicyclic) bond motifs is 1. The molecule has 2 aromatic rings. The van der Waals surface area contributed by atoms with Crippen LogP contribution in [0, 0.1) is 13.8 Å². The van der Waals surface area contributed by atoms with Crippen molar-refractivity contribution in [3.8, 4) is 5.88 Å². The lowest BCUT2D eigenvalue weighted by Gasteiger charge is -2.35. The number of ether oxygens (including phenoxy) is 2. The minimum absolute atomic E-state index is 0.137. The average Bonchev–Trinajstić information content (AvgIpc) is 3.04. The molecule has 1 aliphatic carbocycles. The number of esters is 1. The van der Waals surface area contributed by atoms with Crippen LogP contribution in [0.2, 0.25) is 0 Å². The van der Waals surface area contributed by atoms with E-state index in [0.29, 0.717) is 31.7 Å². The van der Waals surface area contributed by atoms with Crippen molar-refractivity contribution in [1.82, 2.24) is 20.1 Å². The highest BCUT2D eigenvalue weighted by Gasteiger charge is 2.42. The van der Waals surface area contributed by atoms with Crippen LogP contribution in [0.4, 0.5) is 0 Å². The Hall–Kier alpha value is -2.64. The minimum Gasteiger partial charge on any atom is -0.479 e. The van der Waals surface area contributed by atoms with E-state index in [-0.39, 0.29) is 18.3 Å². The second kappa shape index (κ2) is 9.02. The largest absolute Gasteiger partial charge is 0.479 e. The Labute approximate surface area is 177 Å². The molecule has 0 unspecified atom stereocenters. The minimum atomic E-state index is -0.885. The molecule has 0 aliphatic heterocycles. The predicted molar refractivity (Wildman–Crippen MR) is 113 cm³/mol. The Morgan fingerprint density at radius 1 is 1.20 bits per heavy atom. The lowest BCUT2D eigenvalue weighted by molar-refractivity contribution is -0.155. The zero-order valence-corrected chi connectivity index (χ0v) is 18.6. The van der Waals surface area contributed by atoms with E-state index >= 15 is 0 Å². The van der Waals surface area contributed by atoms with Gasteiger partial charge in [-0.1, -0.05) is 19.3 Å². The first kappa shape index (κ1) is 22.1. The molecule has 164 valence electrons. The molecule has 0 bridgehead atoms. The van der Waals surface area contributed by atoms with Gasteiger partial charge in [0, 0.05) is 19.2 Å². The molecule has 1 N–H and O–H groups in total. The van der Waals surface area contributed by atoms with Crippen molar-refractivity contribution in [3.05, 3.63) is 16.8 Å². The Bertz CT molecular complexity index is 944. The van der Waals surface area contributed by atoms with Gasteiger partial charge < -0.3 is 14.8 Å². The molecule has 1 saturated carbocycles. The molecule has 2 aromatic heterocycles. The number of amides is 1. The Kier molecular flexibility index (Phi) is 6.63. The summed E-state index contributed by atoms with van der Waals surface area (Å²) in [6.45, 7) is 6.06. The van der Waals surface area contributed by atoms with Crippen LogP contribution < -0.4 is 10.1 Å². The van der Waals surface area contributed by atoms with Gasteiger partial charge in [0.1, 0.15) is 5.54 Å². The third-order valence-corrected chi connectivity index (χ3v) is 6.07. The number of aromatic nitrogens is 3. The van der Waals surface area contributed by atoms with Gasteiger partial charge in [0.15, 0.2) is 5.65 Å². The van der Waals surface area contributed by atoms with Gasteiger partial charge in [0.25, 0.3) is 0 Å². The molecule has 3 rings (SSSR count). The van der Waals surface area contributed by atoms with Crippen LogP contribution in [0.1, 0.15) is 62.3 Å². The third-order valence-electron chi connectivity index (χ3n) is 6.07. The first-order valence-corrected chi connectivity index (χ1v) is 10.7. The van der Waals surface area contributed by atoms with E-state index in [0.717, 1.165) is 47.1 Å². The maximum Gasteiger partial charge on any atom is 0.331 e. The first-order valence-electron chi connectivity index (χ1n) is 10.7. The Morgan fingerprint density at radius 3 is 2.53 bits per heavy atom. The highest BCUT2D eigenvalue weighted by atomic mass is 16.5. The molecule has 0 atom stereocenters. The van der Waals surface area contributed by atoms with Crippen LogP contribution in [0.25, 0.3) is 11.0 Å². The van der Waals surface area contributed by atoms with Crippen LogP contribution in [-0.4, -0.2) is 45.9 Å². The van der Waals surface area contributed by atoms with Gasteiger partial charge in [0.05, 0.1) is 19.1 Å². The maximum absolute atomic E-state index is 12.8. The molecule has 2 heterocycles. The Balaban J connectivity index is 1.78. The fourth-order valence-corrected chi connectivity index (χ4v) is 4.48. The second-order valence-corrected chi connectivity index (χ2v) is 8.04. The number of methoxy groups -OCH3 is 1. The quantitative estimate of drug-likeness (QED) is 0.698. The molecular formula is C22H32N4O4. The van der Waals surface area contributed by atoms with Crippen LogP contribution in [0.3, 0.4) is 0 Å². The third kappa shape index (κ3) is 4.13. The summed E-state index contributed by atoms with van der Waals surface area (Å²) in [6, 6.07) is 0. The van der Waals surface area contributed by atoms with Crippen molar-refractivity contribution in [2.75, 3.05) is 13.7 Å². The number of rotatable bonds is 7. The summed E-state index contributed by atoms with van der Waals surface area (Å²) in [6.07, 6.45) is 4.99. The number of hydrogen-bond acceptors (Lipinski definition) is 6. The highest BCUT2D eigenvalue weighted by Crippen LogP contribution is 2.32. The zero-order chi connectivity index (χ0) is 21.9.